The zero-order valence-electron chi connectivity index (χ0n) is 16.8. The molecule has 1 fully saturated rings. The van der Waals surface area contributed by atoms with Crippen LogP contribution in [0.2, 0.25) is 0 Å². The van der Waals surface area contributed by atoms with E-state index in [-0.39, 0.29) is 30.0 Å². The van der Waals surface area contributed by atoms with E-state index in [2.05, 4.69) is 6.92 Å². The van der Waals surface area contributed by atoms with Crippen LogP contribution in [0.15, 0.2) is 24.3 Å². The average Bonchev–Trinajstić information content (AvgIpc) is 2.89. The number of carbonyl (C=O) groups excluding carboxylic acids is 2. The fraction of sp³-hybridized carbons (Fsp3) is 0.727. The van der Waals surface area contributed by atoms with Gasteiger partial charge in [-0.1, -0.05) is 50.5 Å². The Hall–Kier alpha value is -1.46. The molecule has 4 atom stereocenters. The van der Waals surface area contributed by atoms with E-state index >= 15 is 0 Å². The predicted octanol–water partition coefficient (Wildman–Crippen LogP) is 3.73. The van der Waals surface area contributed by atoms with E-state index < -0.39 is 12.2 Å². The van der Waals surface area contributed by atoms with E-state index in [1.807, 2.05) is 18.2 Å². The Morgan fingerprint density at radius 2 is 2.04 bits per heavy atom. The van der Waals surface area contributed by atoms with Gasteiger partial charge in [0.2, 0.25) is 0 Å². The summed E-state index contributed by atoms with van der Waals surface area (Å²) in [5, 5.41) is 20.2. The largest absolute Gasteiger partial charge is 0.466 e. The van der Waals surface area contributed by atoms with Gasteiger partial charge < -0.3 is 14.9 Å². The molecule has 0 aromatic heterocycles. The minimum atomic E-state index is -0.668. The molecule has 0 bridgehead atoms. The molecule has 0 radical (unpaired) electrons. The molecule has 0 aliphatic heterocycles. The van der Waals surface area contributed by atoms with Crippen LogP contribution in [-0.4, -0.2) is 40.8 Å². The van der Waals surface area contributed by atoms with Gasteiger partial charge in [-0.2, -0.15) is 0 Å². The maximum atomic E-state index is 12.2. The smallest absolute Gasteiger partial charge is 0.305 e. The molecule has 0 aromatic carbocycles. The van der Waals surface area contributed by atoms with Gasteiger partial charge in [-0.15, -0.1) is 0 Å². The van der Waals surface area contributed by atoms with Crippen molar-refractivity contribution in [3.05, 3.63) is 24.3 Å². The highest BCUT2D eigenvalue weighted by molar-refractivity contribution is 5.84. The molecule has 1 aliphatic rings. The van der Waals surface area contributed by atoms with E-state index in [0.717, 1.165) is 32.1 Å². The van der Waals surface area contributed by atoms with Crippen molar-refractivity contribution < 1.29 is 24.5 Å². The number of Topliss-reactive ketones (excluding diaryl/α,β-unsaturated/α-hetero) is 1. The number of esters is 1. The van der Waals surface area contributed by atoms with Crippen LogP contribution in [-0.2, 0) is 14.3 Å². The molecule has 5 nitrogen and oxygen atoms in total. The third-order valence-corrected chi connectivity index (χ3v) is 5.01. The standard InChI is InChI=1S/C22H36O5/c1-3-5-8-11-17(23)14-15-19-18(20(24)16-21(19)25)12-9-6-7-10-13-22(26)27-4-2/h6,9,14-15,17-19,21,23,25H,3-5,7-8,10-13,16H2,1-2H3/b9-6-,15-14+/t17-,18+,19+,21+/m0/s1. The average molecular weight is 381 g/mol. The Morgan fingerprint density at radius 1 is 1.26 bits per heavy atom. The summed E-state index contributed by atoms with van der Waals surface area (Å²) in [5.41, 5.74) is 0. The van der Waals surface area contributed by atoms with Gasteiger partial charge in [-0.3, -0.25) is 9.59 Å². The number of carbonyl (C=O) groups is 2. The fourth-order valence-electron chi connectivity index (χ4n) is 3.44. The van der Waals surface area contributed by atoms with Crippen LogP contribution in [0.1, 0.15) is 71.6 Å². The summed E-state index contributed by atoms with van der Waals surface area (Å²) in [4.78, 5) is 23.5. The second kappa shape index (κ2) is 13.7. The first-order valence-corrected chi connectivity index (χ1v) is 10.4. The lowest BCUT2D eigenvalue weighted by Gasteiger charge is -2.16. The first-order valence-electron chi connectivity index (χ1n) is 10.4. The van der Waals surface area contributed by atoms with Crippen molar-refractivity contribution >= 4 is 11.8 Å². The molecule has 0 aromatic rings. The molecule has 0 spiro atoms. The predicted molar refractivity (Wildman–Crippen MR) is 106 cm³/mol. The van der Waals surface area contributed by atoms with E-state index in [1.165, 1.54) is 0 Å². The molecule has 0 unspecified atom stereocenters. The normalized spacial score (nSPS) is 24.1. The molecule has 0 amide bonds. The molecule has 5 heteroatoms. The zero-order valence-corrected chi connectivity index (χ0v) is 16.8. The van der Waals surface area contributed by atoms with Crippen molar-refractivity contribution in [3.8, 4) is 0 Å². The van der Waals surface area contributed by atoms with E-state index in [4.69, 9.17) is 4.74 Å². The first kappa shape index (κ1) is 23.6. The van der Waals surface area contributed by atoms with E-state index in [1.54, 1.807) is 13.0 Å². The number of unbranched alkanes of at least 4 members (excludes halogenated alkanes) is 3. The summed E-state index contributed by atoms with van der Waals surface area (Å²) in [7, 11) is 0. The number of aliphatic hydroxyl groups is 2. The Balaban J connectivity index is 2.43. The fourth-order valence-corrected chi connectivity index (χ4v) is 3.44. The maximum Gasteiger partial charge on any atom is 0.305 e. The zero-order chi connectivity index (χ0) is 20.1. The third-order valence-electron chi connectivity index (χ3n) is 5.01. The van der Waals surface area contributed by atoms with Crippen LogP contribution >= 0.6 is 0 Å². The van der Waals surface area contributed by atoms with Gasteiger partial charge in [0.05, 0.1) is 18.8 Å². The van der Waals surface area contributed by atoms with Crippen LogP contribution in [0.4, 0.5) is 0 Å². The van der Waals surface area contributed by atoms with E-state index in [9.17, 15) is 19.8 Å². The SMILES string of the molecule is CCCCC[C@H](O)/C=C/[C@H]1[C@H](O)CC(=O)[C@@H]1C/C=C\CCCC(=O)OCC. The van der Waals surface area contributed by atoms with E-state index in [0.29, 0.717) is 25.9 Å². The van der Waals surface area contributed by atoms with Crippen molar-refractivity contribution in [2.24, 2.45) is 11.8 Å². The summed E-state index contributed by atoms with van der Waals surface area (Å²) in [6, 6.07) is 0. The second-order valence-electron chi connectivity index (χ2n) is 7.27. The topological polar surface area (TPSA) is 83.8 Å². The van der Waals surface area contributed by atoms with Crippen LogP contribution < -0.4 is 0 Å². The monoisotopic (exact) mass is 380 g/mol. The molecule has 1 saturated carbocycles. The summed E-state index contributed by atoms with van der Waals surface area (Å²) in [6.45, 7) is 4.32. The highest BCUT2D eigenvalue weighted by Gasteiger charge is 2.39. The Labute approximate surface area is 163 Å². The Morgan fingerprint density at radius 3 is 2.74 bits per heavy atom. The number of aliphatic hydroxyl groups excluding tert-OH is 2. The van der Waals surface area contributed by atoms with Crippen LogP contribution in [0.25, 0.3) is 0 Å². The minimum Gasteiger partial charge on any atom is -0.466 e. The molecule has 2 N–H and O–H groups in total. The lowest BCUT2D eigenvalue weighted by Crippen LogP contribution is -2.18. The number of ether oxygens (including phenoxy) is 1. The number of ketones is 1. The lowest BCUT2D eigenvalue weighted by molar-refractivity contribution is -0.143. The molecule has 0 saturated heterocycles. The van der Waals surface area contributed by atoms with Crippen molar-refractivity contribution in [1.82, 2.24) is 0 Å². The number of hydrogen-bond donors (Lipinski definition) is 2. The first-order chi connectivity index (χ1) is 13.0. The molecule has 1 rings (SSSR count). The Bertz CT molecular complexity index is 497. The van der Waals surface area contributed by atoms with Crippen LogP contribution in [0, 0.1) is 11.8 Å². The highest BCUT2D eigenvalue weighted by atomic mass is 16.5. The highest BCUT2D eigenvalue weighted by Crippen LogP contribution is 2.33. The minimum absolute atomic E-state index is 0.0776. The van der Waals surface area contributed by atoms with Crippen molar-refractivity contribution in [2.75, 3.05) is 6.61 Å². The van der Waals surface area contributed by atoms with Gasteiger partial charge in [0, 0.05) is 24.7 Å². The molecule has 1 aliphatic carbocycles. The number of rotatable bonds is 13. The van der Waals surface area contributed by atoms with Crippen LogP contribution in [0.5, 0.6) is 0 Å². The van der Waals surface area contributed by atoms with Gasteiger partial charge in [0.25, 0.3) is 0 Å². The lowest BCUT2D eigenvalue weighted by atomic mass is 9.90. The van der Waals surface area contributed by atoms with Gasteiger partial charge >= 0.3 is 5.97 Å². The molecular formula is C22H36O5. The quantitative estimate of drug-likeness (QED) is 0.289. The summed E-state index contributed by atoms with van der Waals surface area (Å²) in [6.07, 6.45) is 12.9. The Kier molecular flexibility index (Phi) is 11.9. The van der Waals surface area contributed by atoms with Gasteiger partial charge in [-0.05, 0) is 32.6 Å². The summed E-state index contributed by atoms with van der Waals surface area (Å²) < 4.78 is 4.88. The molecular weight excluding hydrogens is 344 g/mol. The maximum absolute atomic E-state index is 12.2. The second-order valence-corrected chi connectivity index (χ2v) is 7.27. The number of allylic oxidation sites excluding steroid dienone is 2. The summed E-state index contributed by atoms with van der Waals surface area (Å²) >= 11 is 0. The van der Waals surface area contributed by atoms with Crippen LogP contribution in [0.3, 0.4) is 0 Å². The number of hydrogen-bond acceptors (Lipinski definition) is 5. The van der Waals surface area contributed by atoms with Gasteiger partial charge in [0.1, 0.15) is 5.78 Å². The van der Waals surface area contributed by atoms with Gasteiger partial charge in [0.15, 0.2) is 0 Å². The summed E-state index contributed by atoms with van der Waals surface area (Å²) in [5.74, 6) is -0.570. The van der Waals surface area contributed by atoms with Crippen molar-refractivity contribution in [2.45, 2.75) is 83.8 Å². The van der Waals surface area contributed by atoms with Crippen molar-refractivity contribution in [3.63, 3.8) is 0 Å². The van der Waals surface area contributed by atoms with Gasteiger partial charge in [-0.25, -0.2) is 0 Å². The molecule has 154 valence electrons. The van der Waals surface area contributed by atoms with Crippen molar-refractivity contribution in [1.29, 1.82) is 0 Å². The molecule has 27 heavy (non-hydrogen) atoms. The molecule has 0 heterocycles. The third kappa shape index (κ3) is 9.34.